The van der Waals surface area contributed by atoms with E-state index in [0.717, 1.165) is 30.6 Å². The minimum absolute atomic E-state index is 0.149. The summed E-state index contributed by atoms with van der Waals surface area (Å²) in [6.07, 6.45) is 8.20. The van der Waals surface area contributed by atoms with Gasteiger partial charge >= 0.3 is 0 Å². The normalized spacial score (nSPS) is 45.6. The number of hydrogen-bond acceptors (Lipinski definition) is 2. The maximum absolute atomic E-state index is 13.3. The van der Waals surface area contributed by atoms with Crippen molar-refractivity contribution in [1.82, 2.24) is 4.90 Å². The molecule has 2 unspecified atom stereocenters. The highest BCUT2D eigenvalue weighted by atomic mass is 32.2. The Labute approximate surface area is 185 Å². The third kappa shape index (κ3) is 3.15. The highest BCUT2D eigenvalue weighted by Gasteiger charge is 2.62. The summed E-state index contributed by atoms with van der Waals surface area (Å²) < 4.78 is 13.3. The number of fused-ring (bicyclic) bond motifs is 5. The van der Waals surface area contributed by atoms with Crippen molar-refractivity contribution in [2.45, 2.75) is 81.9 Å². The minimum Gasteiger partial charge on any atom is -0.342 e. The van der Waals surface area contributed by atoms with E-state index >= 15 is 0 Å². The summed E-state index contributed by atoms with van der Waals surface area (Å²) in [5.41, 5.74) is 0.718. The molecule has 1 aromatic rings. The molecule has 3 aliphatic carbocycles. The van der Waals surface area contributed by atoms with E-state index in [4.69, 9.17) is 0 Å². The van der Waals surface area contributed by atoms with E-state index < -0.39 is 0 Å². The van der Waals surface area contributed by atoms with Gasteiger partial charge in [-0.1, -0.05) is 20.8 Å². The Kier molecular flexibility index (Phi) is 5.04. The summed E-state index contributed by atoms with van der Waals surface area (Å²) in [6.45, 7) is 7.53. The summed E-state index contributed by atoms with van der Waals surface area (Å²) in [5, 5.41) is 0.637. The van der Waals surface area contributed by atoms with Crippen LogP contribution < -0.4 is 0 Å². The van der Waals surface area contributed by atoms with E-state index in [1.165, 1.54) is 37.0 Å². The Hall–Kier alpha value is -1.03. The molecule has 0 aromatic heterocycles. The van der Waals surface area contributed by atoms with Gasteiger partial charge in [0.1, 0.15) is 5.82 Å². The highest BCUT2D eigenvalue weighted by molar-refractivity contribution is 8.00. The molecular weight excluding hydrogens is 393 g/mol. The number of thioether (sulfide) groups is 1. The van der Waals surface area contributed by atoms with E-state index in [1.807, 2.05) is 23.9 Å². The van der Waals surface area contributed by atoms with Crippen LogP contribution >= 0.6 is 11.8 Å². The second-order valence-electron chi connectivity index (χ2n) is 11.4. The molecule has 0 radical (unpaired) electrons. The molecule has 1 aromatic carbocycles. The van der Waals surface area contributed by atoms with Crippen molar-refractivity contribution >= 4 is 17.7 Å². The zero-order valence-corrected chi connectivity index (χ0v) is 19.7. The Morgan fingerprint density at radius 1 is 1.10 bits per heavy atom. The number of amides is 1. The Balaban J connectivity index is 1.39. The summed E-state index contributed by atoms with van der Waals surface area (Å²) >= 11 is 1.97. The van der Waals surface area contributed by atoms with Gasteiger partial charge in [-0.25, -0.2) is 4.39 Å². The van der Waals surface area contributed by atoms with Gasteiger partial charge in [0.25, 0.3) is 0 Å². The lowest BCUT2D eigenvalue weighted by Gasteiger charge is -2.63. The number of nitrogens with zero attached hydrogens (tertiary/aromatic N) is 1. The summed E-state index contributed by atoms with van der Waals surface area (Å²) in [5.74, 6) is 3.19. The van der Waals surface area contributed by atoms with E-state index in [2.05, 4.69) is 32.7 Å². The van der Waals surface area contributed by atoms with Gasteiger partial charge in [0, 0.05) is 29.7 Å². The lowest BCUT2D eigenvalue weighted by Crippen LogP contribution is -2.62. The van der Waals surface area contributed by atoms with Crippen LogP contribution in [0.1, 0.15) is 65.7 Å². The molecule has 1 heterocycles. The second-order valence-corrected chi connectivity index (χ2v) is 12.7. The molecule has 30 heavy (non-hydrogen) atoms. The van der Waals surface area contributed by atoms with Crippen LogP contribution in [0.2, 0.25) is 0 Å². The average Bonchev–Trinajstić information content (AvgIpc) is 3.04. The van der Waals surface area contributed by atoms with Crippen LogP contribution in [-0.2, 0) is 4.79 Å². The third-order valence-corrected chi connectivity index (χ3v) is 11.0. The molecule has 1 saturated heterocycles. The predicted octanol–water partition coefficient (Wildman–Crippen LogP) is 6.40. The van der Waals surface area contributed by atoms with E-state index in [0.29, 0.717) is 28.5 Å². The number of benzene rings is 1. The maximum Gasteiger partial charge on any atom is 0.222 e. The summed E-state index contributed by atoms with van der Waals surface area (Å²) in [7, 11) is 2.05. The first-order valence-corrected chi connectivity index (χ1v) is 12.8. The fourth-order valence-corrected chi connectivity index (χ4v) is 9.70. The number of rotatable bonds is 2. The van der Waals surface area contributed by atoms with Gasteiger partial charge in [-0.2, -0.15) is 0 Å². The van der Waals surface area contributed by atoms with E-state index in [1.54, 1.807) is 12.1 Å². The molecule has 0 bridgehead atoms. The molecule has 2 nitrogen and oxygen atoms in total. The maximum atomic E-state index is 13.3. The van der Waals surface area contributed by atoms with E-state index in [9.17, 15) is 9.18 Å². The first-order chi connectivity index (χ1) is 14.2. The molecule has 0 spiro atoms. The largest absolute Gasteiger partial charge is 0.342 e. The standard InChI is InChI=1S/C26H36FNOS/c1-16-13-22-26(3,12-10-23(29)28(22)4)20-9-11-25(2)15-19(14-21(25)24(16)20)30-18-7-5-17(27)6-8-18/h5-8,16,19-22,24H,9-15H2,1-4H3/t16?,19-,20-,21-,22+,24?,25+,26+/m0/s1. The molecule has 4 aliphatic rings. The van der Waals surface area contributed by atoms with Crippen molar-refractivity contribution < 1.29 is 9.18 Å². The molecule has 8 atom stereocenters. The molecular formula is C26H36FNOS. The molecule has 3 saturated carbocycles. The van der Waals surface area contributed by atoms with Crippen LogP contribution in [0.5, 0.6) is 0 Å². The zero-order chi connectivity index (χ0) is 21.3. The minimum atomic E-state index is -0.149. The Bertz CT molecular complexity index is 827. The van der Waals surface area contributed by atoms with Crippen LogP contribution in [0.4, 0.5) is 4.39 Å². The van der Waals surface area contributed by atoms with Crippen molar-refractivity contribution in [2.24, 2.45) is 34.5 Å². The van der Waals surface area contributed by atoms with Gasteiger partial charge in [0.05, 0.1) is 0 Å². The van der Waals surface area contributed by atoms with Crippen LogP contribution in [-0.4, -0.2) is 29.1 Å². The smallest absolute Gasteiger partial charge is 0.222 e. The van der Waals surface area contributed by atoms with Gasteiger partial charge in [0.2, 0.25) is 5.91 Å². The van der Waals surface area contributed by atoms with Crippen molar-refractivity contribution in [3.8, 4) is 0 Å². The quantitative estimate of drug-likeness (QED) is 0.542. The molecule has 4 heteroatoms. The van der Waals surface area contributed by atoms with Crippen molar-refractivity contribution in [3.63, 3.8) is 0 Å². The van der Waals surface area contributed by atoms with Crippen LogP contribution in [0.15, 0.2) is 29.2 Å². The third-order valence-electron chi connectivity index (χ3n) is 9.78. The molecule has 1 amide bonds. The Morgan fingerprint density at radius 2 is 1.83 bits per heavy atom. The number of carbonyl (C=O) groups excluding carboxylic acids is 1. The average molecular weight is 430 g/mol. The van der Waals surface area contributed by atoms with Crippen LogP contribution in [0.3, 0.4) is 0 Å². The van der Waals surface area contributed by atoms with Crippen molar-refractivity contribution in [2.75, 3.05) is 7.05 Å². The van der Waals surface area contributed by atoms with E-state index in [-0.39, 0.29) is 11.2 Å². The first kappa shape index (κ1) is 20.8. The van der Waals surface area contributed by atoms with Crippen LogP contribution in [0.25, 0.3) is 0 Å². The zero-order valence-electron chi connectivity index (χ0n) is 18.9. The SMILES string of the molecule is CC1C[C@H]2N(C)C(=O)CC[C@]2(C)[C@H]2CC[C@]3(C)C[C@@H](Sc4ccc(F)cc4)C[C@H]3C12. The lowest BCUT2D eigenvalue weighted by molar-refractivity contribution is -0.164. The molecule has 0 N–H and O–H groups in total. The number of hydrogen-bond donors (Lipinski definition) is 0. The number of likely N-dealkylation sites (tertiary alicyclic amines) is 1. The summed E-state index contributed by atoms with van der Waals surface area (Å²) in [4.78, 5) is 15.7. The van der Waals surface area contributed by atoms with Gasteiger partial charge in [0.15, 0.2) is 0 Å². The first-order valence-electron chi connectivity index (χ1n) is 11.9. The topological polar surface area (TPSA) is 20.3 Å². The Morgan fingerprint density at radius 3 is 2.57 bits per heavy atom. The number of halogens is 1. The lowest BCUT2D eigenvalue weighted by atomic mass is 9.45. The van der Waals surface area contributed by atoms with Crippen LogP contribution in [0, 0.1) is 40.3 Å². The number of carbonyl (C=O) groups is 1. The van der Waals surface area contributed by atoms with Crippen molar-refractivity contribution in [1.29, 1.82) is 0 Å². The van der Waals surface area contributed by atoms with Gasteiger partial charge in [-0.05, 0) is 97.3 Å². The highest BCUT2D eigenvalue weighted by Crippen LogP contribution is 2.67. The van der Waals surface area contributed by atoms with Gasteiger partial charge < -0.3 is 4.90 Å². The van der Waals surface area contributed by atoms with Crippen molar-refractivity contribution in [3.05, 3.63) is 30.1 Å². The van der Waals surface area contributed by atoms with Gasteiger partial charge in [-0.15, -0.1) is 11.8 Å². The fraction of sp³-hybridized carbons (Fsp3) is 0.731. The summed E-state index contributed by atoms with van der Waals surface area (Å²) in [6, 6.07) is 7.48. The predicted molar refractivity (Wildman–Crippen MR) is 121 cm³/mol. The molecule has 1 aliphatic heterocycles. The molecule has 4 fully saturated rings. The molecule has 5 rings (SSSR count). The van der Waals surface area contributed by atoms with Gasteiger partial charge in [-0.3, -0.25) is 4.79 Å². The second kappa shape index (κ2) is 7.25. The number of piperidine rings is 1. The fourth-order valence-electron chi connectivity index (χ4n) is 8.25. The molecule has 164 valence electrons. The monoisotopic (exact) mass is 429 g/mol.